The van der Waals surface area contributed by atoms with Gasteiger partial charge in [0.25, 0.3) is 0 Å². The van der Waals surface area contributed by atoms with Gasteiger partial charge in [0.15, 0.2) is 0 Å². The minimum Gasteiger partial charge on any atom is -0.314 e. The maximum Gasteiger partial charge on any atom is 0.00981 e. The van der Waals surface area contributed by atoms with Gasteiger partial charge in [-0.1, -0.05) is 73.1 Å². The molecule has 1 saturated heterocycles. The molecule has 0 bridgehead atoms. The van der Waals surface area contributed by atoms with E-state index in [4.69, 9.17) is 0 Å². The van der Waals surface area contributed by atoms with E-state index in [1.165, 1.54) is 90.0 Å². The third-order valence-corrected chi connectivity index (χ3v) is 9.09. The predicted octanol–water partition coefficient (Wildman–Crippen LogP) is 7.59. The SMILES string of the molecule is CC1CCCCC(C2(C)CC2C)C(C2CCCC(C)(C)CCCN2)CCC1. The lowest BCUT2D eigenvalue weighted by Gasteiger charge is -2.40. The zero-order valence-corrected chi connectivity index (χ0v) is 19.3. The molecule has 2 aliphatic carbocycles. The Morgan fingerprint density at radius 2 is 1.41 bits per heavy atom. The Morgan fingerprint density at radius 3 is 2.15 bits per heavy atom. The van der Waals surface area contributed by atoms with Gasteiger partial charge in [0, 0.05) is 6.04 Å². The van der Waals surface area contributed by atoms with Crippen molar-refractivity contribution in [3.8, 4) is 0 Å². The van der Waals surface area contributed by atoms with Gasteiger partial charge in [-0.3, -0.25) is 0 Å². The average Bonchev–Trinajstić information content (AvgIpc) is 3.19. The molecule has 0 spiro atoms. The van der Waals surface area contributed by atoms with Crippen molar-refractivity contribution in [2.45, 2.75) is 124 Å². The van der Waals surface area contributed by atoms with Gasteiger partial charge in [0.2, 0.25) is 0 Å². The number of rotatable bonds is 2. The smallest absolute Gasteiger partial charge is 0.00981 e. The highest BCUT2D eigenvalue weighted by molar-refractivity contribution is 5.04. The molecule has 6 atom stereocenters. The van der Waals surface area contributed by atoms with Gasteiger partial charge in [-0.2, -0.15) is 0 Å². The van der Waals surface area contributed by atoms with E-state index in [2.05, 4.69) is 39.9 Å². The van der Waals surface area contributed by atoms with Gasteiger partial charge in [0.05, 0.1) is 0 Å². The summed E-state index contributed by atoms with van der Waals surface area (Å²) in [5, 5.41) is 4.11. The Bertz CT molecular complexity index is 455. The first kappa shape index (κ1) is 21.7. The van der Waals surface area contributed by atoms with Crippen molar-refractivity contribution < 1.29 is 0 Å². The summed E-state index contributed by atoms with van der Waals surface area (Å²) in [7, 11) is 0. The summed E-state index contributed by atoms with van der Waals surface area (Å²) in [6.45, 7) is 13.9. The molecule has 0 amide bonds. The fraction of sp³-hybridized carbons (Fsp3) is 1.00. The number of nitrogens with one attached hydrogen (secondary N) is 1. The Morgan fingerprint density at radius 1 is 0.741 bits per heavy atom. The van der Waals surface area contributed by atoms with Crippen LogP contribution in [0.5, 0.6) is 0 Å². The van der Waals surface area contributed by atoms with Crippen LogP contribution in [-0.4, -0.2) is 12.6 Å². The number of hydrogen-bond donors (Lipinski definition) is 1. The highest BCUT2D eigenvalue weighted by Crippen LogP contribution is 2.61. The zero-order chi connectivity index (χ0) is 19.5. The van der Waals surface area contributed by atoms with Gasteiger partial charge in [-0.15, -0.1) is 0 Å². The first-order valence-corrected chi connectivity index (χ1v) is 12.6. The molecule has 158 valence electrons. The summed E-state index contributed by atoms with van der Waals surface area (Å²) < 4.78 is 0. The molecule has 2 saturated carbocycles. The van der Waals surface area contributed by atoms with Crippen LogP contribution in [0.4, 0.5) is 0 Å². The Hall–Kier alpha value is -0.0400. The summed E-state index contributed by atoms with van der Waals surface area (Å²) >= 11 is 0. The molecular weight excluding hydrogens is 326 g/mol. The quantitative estimate of drug-likeness (QED) is 0.524. The fourth-order valence-electron chi connectivity index (χ4n) is 6.78. The topological polar surface area (TPSA) is 12.0 Å². The molecule has 1 aliphatic heterocycles. The molecule has 1 nitrogen and oxygen atoms in total. The molecule has 3 aliphatic rings. The summed E-state index contributed by atoms with van der Waals surface area (Å²) in [6, 6.07) is 0.781. The lowest BCUT2D eigenvalue weighted by Crippen LogP contribution is -2.43. The van der Waals surface area contributed by atoms with Crippen LogP contribution in [0.15, 0.2) is 0 Å². The fourth-order valence-corrected chi connectivity index (χ4v) is 6.78. The van der Waals surface area contributed by atoms with E-state index < -0.39 is 0 Å². The van der Waals surface area contributed by atoms with Crippen molar-refractivity contribution in [3.05, 3.63) is 0 Å². The van der Waals surface area contributed by atoms with Crippen LogP contribution >= 0.6 is 0 Å². The van der Waals surface area contributed by atoms with Crippen LogP contribution < -0.4 is 5.32 Å². The van der Waals surface area contributed by atoms with Crippen LogP contribution in [-0.2, 0) is 0 Å². The first-order valence-electron chi connectivity index (χ1n) is 12.6. The van der Waals surface area contributed by atoms with Crippen molar-refractivity contribution >= 4 is 0 Å². The van der Waals surface area contributed by atoms with Crippen molar-refractivity contribution in [1.82, 2.24) is 5.32 Å². The molecule has 0 aromatic rings. The molecule has 1 N–H and O–H groups in total. The molecule has 3 rings (SSSR count). The van der Waals surface area contributed by atoms with E-state index in [9.17, 15) is 0 Å². The van der Waals surface area contributed by atoms with Crippen molar-refractivity contribution in [2.75, 3.05) is 6.54 Å². The lowest BCUT2D eigenvalue weighted by atomic mass is 9.69. The molecule has 0 radical (unpaired) electrons. The molecule has 1 heterocycles. The van der Waals surface area contributed by atoms with Crippen LogP contribution in [0.3, 0.4) is 0 Å². The Kier molecular flexibility index (Phi) is 7.37. The minimum atomic E-state index is 0.554. The van der Waals surface area contributed by atoms with E-state index in [0.717, 1.165) is 29.7 Å². The highest BCUT2D eigenvalue weighted by atomic mass is 14.9. The second-order valence-corrected chi connectivity index (χ2v) is 11.9. The third-order valence-electron chi connectivity index (χ3n) is 9.09. The molecule has 0 aromatic heterocycles. The molecule has 27 heavy (non-hydrogen) atoms. The summed E-state index contributed by atoms with van der Waals surface area (Å²) in [5.41, 5.74) is 1.20. The van der Waals surface area contributed by atoms with Crippen LogP contribution in [0.1, 0.15) is 118 Å². The normalized spacial score (nSPS) is 44.6. The Balaban J connectivity index is 1.74. The first-order chi connectivity index (χ1) is 12.8. The zero-order valence-electron chi connectivity index (χ0n) is 19.3. The van der Waals surface area contributed by atoms with Crippen LogP contribution in [0.2, 0.25) is 0 Å². The van der Waals surface area contributed by atoms with E-state index >= 15 is 0 Å². The molecule has 3 fully saturated rings. The summed E-state index contributed by atoms with van der Waals surface area (Å²) in [5.74, 6) is 3.80. The van der Waals surface area contributed by atoms with Crippen LogP contribution in [0.25, 0.3) is 0 Å². The third kappa shape index (κ3) is 5.74. The highest BCUT2D eigenvalue weighted by Gasteiger charge is 2.54. The Labute approximate surface area is 170 Å². The van der Waals surface area contributed by atoms with E-state index in [1.807, 2.05) is 0 Å². The predicted molar refractivity (Wildman–Crippen MR) is 119 cm³/mol. The molecule has 0 aromatic carbocycles. The standard InChI is InChI=1S/C26H49N/c1-20-11-6-7-14-23(26(5)19-21(26)2)22(13-8-12-20)24-15-9-16-25(3,4)17-10-18-27-24/h20-24,27H,6-19H2,1-5H3. The second-order valence-electron chi connectivity index (χ2n) is 11.9. The van der Waals surface area contributed by atoms with Crippen molar-refractivity contribution in [1.29, 1.82) is 0 Å². The lowest BCUT2D eigenvalue weighted by molar-refractivity contribution is 0.124. The monoisotopic (exact) mass is 375 g/mol. The molecule has 1 heteroatoms. The maximum absolute atomic E-state index is 4.11. The van der Waals surface area contributed by atoms with E-state index in [1.54, 1.807) is 0 Å². The maximum atomic E-state index is 4.11. The minimum absolute atomic E-state index is 0.554. The molecular formula is C26H49N. The number of hydrogen-bond acceptors (Lipinski definition) is 1. The van der Waals surface area contributed by atoms with Crippen LogP contribution in [0, 0.1) is 34.5 Å². The van der Waals surface area contributed by atoms with Gasteiger partial charge < -0.3 is 5.32 Å². The van der Waals surface area contributed by atoms with Gasteiger partial charge in [-0.05, 0) is 86.0 Å². The largest absolute Gasteiger partial charge is 0.314 e. The summed E-state index contributed by atoms with van der Waals surface area (Å²) in [4.78, 5) is 0. The average molecular weight is 376 g/mol. The summed E-state index contributed by atoms with van der Waals surface area (Å²) in [6.07, 6.45) is 18.9. The second kappa shape index (κ2) is 9.19. The van der Waals surface area contributed by atoms with Gasteiger partial charge in [-0.25, -0.2) is 0 Å². The van der Waals surface area contributed by atoms with E-state index in [0.29, 0.717) is 10.8 Å². The molecule has 6 unspecified atom stereocenters. The van der Waals surface area contributed by atoms with Crippen molar-refractivity contribution in [2.24, 2.45) is 34.5 Å². The van der Waals surface area contributed by atoms with Crippen molar-refractivity contribution in [3.63, 3.8) is 0 Å². The van der Waals surface area contributed by atoms with E-state index in [-0.39, 0.29) is 0 Å². The van der Waals surface area contributed by atoms with Gasteiger partial charge in [0.1, 0.15) is 0 Å². The van der Waals surface area contributed by atoms with Gasteiger partial charge >= 0.3 is 0 Å².